The zero-order chi connectivity index (χ0) is 26.2. The van der Waals surface area contributed by atoms with Crippen LogP contribution in [0.2, 0.25) is 0 Å². The van der Waals surface area contributed by atoms with Gasteiger partial charge >= 0.3 is 24.3 Å². The summed E-state index contributed by atoms with van der Waals surface area (Å²) in [7, 11) is 0. The van der Waals surface area contributed by atoms with Crippen LogP contribution < -0.4 is 15.0 Å². The number of piperidine rings is 1. The predicted molar refractivity (Wildman–Crippen MR) is 111 cm³/mol. The van der Waals surface area contributed by atoms with Gasteiger partial charge in [0.05, 0.1) is 0 Å². The fraction of sp³-hybridized carbons (Fsp3) is 0.667. The van der Waals surface area contributed by atoms with Gasteiger partial charge in [0, 0.05) is 31.2 Å². The molecule has 1 aromatic rings. The highest BCUT2D eigenvalue weighted by Gasteiger charge is 2.39. The van der Waals surface area contributed by atoms with Crippen molar-refractivity contribution >= 4 is 17.8 Å². The number of rotatable bonds is 1. The fourth-order valence-corrected chi connectivity index (χ4v) is 4.23. The highest BCUT2D eigenvalue weighted by molar-refractivity contribution is 5.73. The molecule has 0 aromatic carbocycles. The first-order valence-corrected chi connectivity index (χ1v) is 11.0. The average molecular weight is 515 g/mol. The predicted octanol–water partition coefficient (Wildman–Crippen LogP) is 3.99. The van der Waals surface area contributed by atoms with Crippen LogP contribution in [0.1, 0.15) is 44.1 Å². The van der Waals surface area contributed by atoms with E-state index in [2.05, 4.69) is 22.3 Å². The Morgan fingerprint density at radius 1 is 0.971 bits per heavy atom. The molecule has 2 fully saturated rings. The molecule has 35 heavy (non-hydrogen) atoms. The van der Waals surface area contributed by atoms with E-state index in [0.717, 1.165) is 43.9 Å². The molecule has 198 valence electrons. The summed E-state index contributed by atoms with van der Waals surface area (Å²) >= 11 is 0. The maximum atomic E-state index is 10.6. The van der Waals surface area contributed by atoms with E-state index in [1.807, 2.05) is 0 Å². The van der Waals surface area contributed by atoms with Gasteiger partial charge in [-0.1, -0.05) is 12.8 Å². The van der Waals surface area contributed by atoms with E-state index in [9.17, 15) is 26.3 Å². The largest absolute Gasteiger partial charge is 0.490 e. The highest BCUT2D eigenvalue weighted by Crippen LogP contribution is 2.38. The smallest absolute Gasteiger partial charge is 0.476 e. The Morgan fingerprint density at radius 2 is 1.54 bits per heavy atom. The Morgan fingerprint density at radius 3 is 2.14 bits per heavy atom. The van der Waals surface area contributed by atoms with Gasteiger partial charge < -0.3 is 25.2 Å². The van der Waals surface area contributed by atoms with Crippen molar-refractivity contribution in [1.82, 2.24) is 10.3 Å². The third kappa shape index (κ3) is 8.75. The van der Waals surface area contributed by atoms with Gasteiger partial charge in [0.25, 0.3) is 0 Å². The molecule has 1 saturated heterocycles. The standard InChI is InChI=1S/C17H25N3O.2C2HF3O2/c1-2-6-15-13(4-1)5-3-10-20(15)16-8-7-14-12-18-9-11-21-17(14)19-16;2*3-2(4,5)1(6)7/h7-8,13,15,18H,1-6,9-12H2;2*(H,6,7). The van der Waals surface area contributed by atoms with Gasteiger partial charge in [0.15, 0.2) is 0 Å². The lowest BCUT2D eigenvalue weighted by Gasteiger charge is -2.44. The van der Waals surface area contributed by atoms with Crippen LogP contribution in [0.5, 0.6) is 5.88 Å². The number of anilines is 1. The summed E-state index contributed by atoms with van der Waals surface area (Å²) in [6, 6.07) is 5.11. The van der Waals surface area contributed by atoms with Crippen molar-refractivity contribution in [1.29, 1.82) is 0 Å². The number of carboxylic acid groups (broad SMARTS) is 2. The van der Waals surface area contributed by atoms with E-state index in [1.54, 1.807) is 0 Å². The van der Waals surface area contributed by atoms with E-state index in [4.69, 9.17) is 29.5 Å². The second-order valence-electron chi connectivity index (χ2n) is 8.21. The van der Waals surface area contributed by atoms with E-state index >= 15 is 0 Å². The number of hydrogen-bond acceptors (Lipinski definition) is 6. The Bertz CT molecular complexity index is 839. The number of nitrogens with zero attached hydrogens (tertiary/aromatic N) is 2. The minimum Gasteiger partial charge on any atom is -0.476 e. The van der Waals surface area contributed by atoms with Gasteiger partial charge in [-0.3, -0.25) is 0 Å². The molecule has 8 nitrogen and oxygen atoms in total. The van der Waals surface area contributed by atoms with E-state index in [-0.39, 0.29) is 0 Å². The number of ether oxygens (including phenoxy) is 1. The van der Waals surface area contributed by atoms with Crippen molar-refractivity contribution in [2.45, 2.75) is 63.5 Å². The molecule has 2 atom stereocenters. The molecule has 3 aliphatic rings. The number of carbonyl (C=O) groups is 2. The Kier molecular flexibility index (Phi) is 9.98. The van der Waals surface area contributed by atoms with Crippen LogP contribution in [0.15, 0.2) is 12.1 Å². The van der Waals surface area contributed by atoms with Gasteiger partial charge in [-0.25, -0.2) is 9.59 Å². The summed E-state index contributed by atoms with van der Waals surface area (Å²) in [5, 5.41) is 17.6. The number of alkyl halides is 6. The zero-order valence-electron chi connectivity index (χ0n) is 18.7. The van der Waals surface area contributed by atoms with Gasteiger partial charge in [0.2, 0.25) is 5.88 Å². The van der Waals surface area contributed by atoms with Crippen molar-refractivity contribution in [2.75, 3.05) is 24.6 Å². The lowest BCUT2D eigenvalue weighted by Crippen LogP contribution is -2.47. The molecule has 0 bridgehead atoms. The van der Waals surface area contributed by atoms with Crippen LogP contribution in [0.4, 0.5) is 32.2 Å². The SMILES string of the molecule is O=C(O)C(F)(F)F.O=C(O)C(F)(F)F.c1cc2c(nc1N1CCCC3CCCCC31)OCCNC2. The number of hydrogen-bond donors (Lipinski definition) is 3. The fourth-order valence-electron chi connectivity index (χ4n) is 4.23. The minimum absolute atomic E-state index is 0.710. The molecular formula is C21H27F6N3O5. The summed E-state index contributed by atoms with van der Waals surface area (Å²) in [6.07, 6.45) is -1.91. The maximum Gasteiger partial charge on any atom is 0.490 e. The monoisotopic (exact) mass is 515 g/mol. The van der Waals surface area contributed by atoms with E-state index in [0.29, 0.717) is 6.04 Å². The number of pyridine rings is 1. The van der Waals surface area contributed by atoms with Crippen LogP contribution >= 0.6 is 0 Å². The molecule has 3 N–H and O–H groups in total. The van der Waals surface area contributed by atoms with Crippen LogP contribution in [0.3, 0.4) is 0 Å². The second-order valence-corrected chi connectivity index (χ2v) is 8.21. The topological polar surface area (TPSA) is 112 Å². The molecule has 4 rings (SSSR count). The van der Waals surface area contributed by atoms with Crippen molar-refractivity contribution in [3.63, 3.8) is 0 Å². The van der Waals surface area contributed by atoms with Crippen LogP contribution in [-0.4, -0.2) is 65.2 Å². The average Bonchev–Trinajstić information content (AvgIpc) is 3.03. The molecule has 1 aromatic heterocycles. The summed E-state index contributed by atoms with van der Waals surface area (Å²) in [5.74, 6) is -2.65. The number of aliphatic carboxylic acids is 2. The molecule has 0 amide bonds. The van der Waals surface area contributed by atoms with Crippen molar-refractivity contribution in [2.24, 2.45) is 5.92 Å². The first kappa shape index (κ1) is 28.5. The first-order chi connectivity index (χ1) is 16.3. The summed E-state index contributed by atoms with van der Waals surface area (Å²) in [6.45, 7) is 3.65. The Hall–Kier alpha value is -2.77. The number of halogens is 6. The molecular weight excluding hydrogens is 488 g/mol. The number of aromatic nitrogens is 1. The molecule has 0 radical (unpaired) electrons. The quantitative estimate of drug-likeness (QED) is 0.482. The number of fused-ring (bicyclic) bond motifs is 2. The second kappa shape index (κ2) is 12.3. The highest BCUT2D eigenvalue weighted by atomic mass is 19.4. The van der Waals surface area contributed by atoms with Crippen LogP contribution in [-0.2, 0) is 16.1 Å². The molecule has 14 heteroatoms. The van der Waals surface area contributed by atoms with Gasteiger partial charge in [0.1, 0.15) is 12.4 Å². The molecule has 0 spiro atoms. The summed E-state index contributed by atoms with van der Waals surface area (Å²) in [5.41, 5.74) is 1.19. The Balaban J connectivity index is 0.000000257. The molecule has 1 saturated carbocycles. The Labute approximate surface area is 197 Å². The third-order valence-corrected chi connectivity index (χ3v) is 5.78. The zero-order valence-corrected chi connectivity index (χ0v) is 18.7. The van der Waals surface area contributed by atoms with Crippen molar-refractivity contribution < 1.29 is 50.9 Å². The van der Waals surface area contributed by atoms with Crippen molar-refractivity contribution in [3.8, 4) is 5.88 Å². The van der Waals surface area contributed by atoms with E-state index in [1.165, 1.54) is 44.1 Å². The van der Waals surface area contributed by atoms with Gasteiger partial charge in [-0.15, -0.1) is 0 Å². The van der Waals surface area contributed by atoms with Gasteiger partial charge in [-0.2, -0.15) is 31.3 Å². The normalized spacial score (nSPS) is 21.9. The maximum absolute atomic E-state index is 10.6. The summed E-state index contributed by atoms with van der Waals surface area (Å²) in [4.78, 5) is 25.2. The molecule has 1 aliphatic carbocycles. The lowest BCUT2D eigenvalue weighted by molar-refractivity contribution is -0.193. The first-order valence-electron chi connectivity index (χ1n) is 11.0. The number of carboxylic acids is 2. The minimum atomic E-state index is -5.08. The number of nitrogens with one attached hydrogen (secondary N) is 1. The molecule has 2 unspecified atom stereocenters. The molecule has 2 aliphatic heterocycles. The molecule has 3 heterocycles. The summed E-state index contributed by atoms with van der Waals surface area (Å²) < 4.78 is 69.3. The third-order valence-electron chi connectivity index (χ3n) is 5.78. The van der Waals surface area contributed by atoms with Crippen LogP contribution in [0.25, 0.3) is 0 Å². The van der Waals surface area contributed by atoms with Gasteiger partial charge in [-0.05, 0) is 43.7 Å². The lowest BCUT2D eigenvalue weighted by atomic mass is 9.78. The van der Waals surface area contributed by atoms with Crippen molar-refractivity contribution in [3.05, 3.63) is 17.7 Å². The van der Waals surface area contributed by atoms with E-state index < -0.39 is 24.3 Å². The van der Waals surface area contributed by atoms with Crippen LogP contribution in [0, 0.1) is 5.92 Å².